The third kappa shape index (κ3) is 6.95. The first-order chi connectivity index (χ1) is 21.9. The second kappa shape index (κ2) is 13.4. The number of unbranched alkanes of at least 4 members (excludes halogenated alkanes) is 2. The van der Waals surface area contributed by atoms with Gasteiger partial charge >= 0.3 is 6.11 Å². The summed E-state index contributed by atoms with van der Waals surface area (Å²) in [6, 6.07) is 5.83. The van der Waals surface area contributed by atoms with E-state index in [0.29, 0.717) is 36.8 Å². The first-order valence-corrected chi connectivity index (χ1v) is 14.3. The van der Waals surface area contributed by atoms with Crippen molar-refractivity contribution < 1.29 is 44.3 Å². The maximum absolute atomic E-state index is 15.0. The summed E-state index contributed by atoms with van der Waals surface area (Å²) in [5, 5.41) is 0. The van der Waals surface area contributed by atoms with Crippen LogP contribution in [0.1, 0.15) is 60.8 Å². The first-order valence-electron chi connectivity index (χ1n) is 14.3. The SMILES string of the molecule is CCCCCc1cnc(-c2cc(F)c(C(F)(F)Oc3ccc([C@H]4C=C(F)C(c5ccc(F)c(F)c5)=C(F)C4)c(F)c3)c(F)c2)nc1. The Morgan fingerprint density at radius 1 is 0.761 bits per heavy atom. The van der Waals surface area contributed by atoms with Gasteiger partial charge in [0, 0.05) is 41.9 Å². The largest absolute Gasteiger partial charge is 0.432 e. The molecule has 0 bridgehead atoms. The predicted octanol–water partition coefficient (Wildman–Crippen LogP) is 10.4. The summed E-state index contributed by atoms with van der Waals surface area (Å²) in [7, 11) is 0. The molecule has 1 heterocycles. The number of halogens is 9. The molecule has 3 aromatic carbocycles. The van der Waals surface area contributed by atoms with Crippen LogP contribution in [0.25, 0.3) is 17.0 Å². The Hall–Kier alpha value is -4.61. The topological polar surface area (TPSA) is 35.0 Å². The van der Waals surface area contributed by atoms with E-state index in [4.69, 9.17) is 0 Å². The van der Waals surface area contributed by atoms with Crippen molar-refractivity contribution in [2.45, 2.75) is 51.1 Å². The second-order valence-corrected chi connectivity index (χ2v) is 10.7. The lowest BCUT2D eigenvalue weighted by Gasteiger charge is -2.22. The third-order valence-electron chi connectivity index (χ3n) is 7.45. The molecule has 1 aliphatic rings. The summed E-state index contributed by atoms with van der Waals surface area (Å²) in [5.41, 5.74) is -2.31. The Labute approximate surface area is 258 Å². The molecule has 0 amide bonds. The maximum atomic E-state index is 15.0. The monoisotopic (exact) mass is 648 g/mol. The number of allylic oxidation sites excluding steroid dienone is 4. The lowest BCUT2D eigenvalue weighted by Crippen LogP contribution is -2.25. The molecule has 0 aliphatic heterocycles. The highest BCUT2D eigenvalue weighted by Gasteiger charge is 2.41. The van der Waals surface area contributed by atoms with Crippen LogP contribution in [-0.2, 0) is 12.5 Å². The van der Waals surface area contributed by atoms with E-state index in [2.05, 4.69) is 21.6 Å². The van der Waals surface area contributed by atoms with Crippen molar-refractivity contribution in [3.8, 4) is 17.1 Å². The van der Waals surface area contributed by atoms with E-state index in [1.165, 1.54) is 12.4 Å². The molecule has 0 radical (unpaired) electrons. The fraction of sp³-hybridized carbons (Fsp3) is 0.235. The number of nitrogens with zero attached hydrogens (tertiary/aromatic N) is 2. The Morgan fingerprint density at radius 2 is 1.43 bits per heavy atom. The van der Waals surface area contributed by atoms with E-state index < -0.39 is 76.1 Å². The van der Waals surface area contributed by atoms with Gasteiger partial charge in [-0.15, -0.1) is 0 Å². The Balaban J connectivity index is 1.32. The number of alkyl halides is 2. The third-order valence-corrected chi connectivity index (χ3v) is 7.45. The van der Waals surface area contributed by atoms with Crippen molar-refractivity contribution in [3.63, 3.8) is 0 Å². The number of ether oxygens (including phenoxy) is 1. The van der Waals surface area contributed by atoms with Crippen LogP contribution in [-0.4, -0.2) is 9.97 Å². The minimum atomic E-state index is -4.60. The summed E-state index contributed by atoms with van der Waals surface area (Å²) in [4.78, 5) is 8.15. The summed E-state index contributed by atoms with van der Waals surface area (Å²) < 4.78 is 136. The van der Waals surface area contributed by atoms with Crippen LogP contribution < -0.4 is 4.74 Å². The van der Waals surface area contributed by atoms with Crippen molar-refractivity contribution in [2.75, 3.05) is 0 Å². The average Bonchev–Trinajstić information content (AvgIpc) is 2.98. The molecule has 0 saturated carbocycles. The van der Waals surface area contributed by atoms with E-state index in [1.807, 2.05) is 0 Å². The minimum Gasteiger partial charge on any atom is -0.429 e. The van der Waals surface area contributed by atoms with Crippen LogP contribution in [0.4, 0.5) is 39.5 Å². The summed E-state index contributed by atoms with van der Waals surface area (Å²) in [6.07, 6.45) is 2.30. The molecule has 1 atom stereocenters. The number of aryl methyl sites for hydroxylation is 1. The number of benzene rings is 3. The van der Waals surface area contributed by atoms with Crippen LogP contribution in [0.15, 0.2) is 78.7 Å². The van der Waals surface area contributed by atoms with E-state index in [1.54, 1.807) is 0 Å². The molecule has 0 fully saturated rings. The second-order valence-electron chi connectivity index (χ2n) is 10.7. The number of hydrogen-bond donors (Lipinski definition) is 0. The zero-order valence-electron chi connectivity index (χ0n) is 24.2. The molecule has 240 valence electrons. The quantitative estimate of drug-likeness (QED) is 0.127. The van der Waals surface area contributed by atoms with Gasteiger partial charge < -0.3 is 4.74 Å². The van der Waals surface area contributed by atoms with Gasteiger partial charge in [-0.25, -0.2) is 40.7 Å². The van der Waals surface area contributed by atoms with E-state index in [0.717, 1.165) is 49.1 Å². The molecule has 0 saturated heterocycles. The predicted molar refractivity (Wildman–Crippen MR) is 152 cm³/mol. The molecule has 46 heavy (non-hydrogen) atoms. The molecule has 1 aromatic heterocycles. The molecule has 5 rings (SSSR count). The highest BCUT2D eigenvalue weighted by Crippen LogP contribution is 2.43. The van der Waals surface area contributed by atoms with Crippen molar-refractivity contribution in [2.24, 2.45) is 0 Å². The molecule has 0 spiro atoms. The van der Waals surface area contributed by atoms with Crippen LogP contribution in [0.2, 0.25) is 0 Å². The van der Waals surface area contributed by atoms with E-state index in [-0.39, 0.29) is 22.5 Å². The van der Waals surface area contributed by atoms with Gasteiger partial charge in [0.2, 0.25) is 0 Å². The van der Waals surface area contributed by atoms with Crippen molar-refractivity contribution in [3.05, 3.63) is 130 Å². The van der Waals surface area contributed by atoms with Gasteiger partial charge in [0.25, 0.3) is 0 Å². The van der Waals surface area contributed by atoms with Crippen molar-refractivity contribution in [1.82, 2.24) is 9.97 Å². The van der Waals surface area contributed by atoms with Crippen LogP contribution in [0, 0.1) is 29.1 Å². The average molecular weight is 649 g/mol. The maximum Gasteiger partial charge on any atom is 0.432 e. The molecule has 3 nitrogen and oxygen atoms in total. The lowest BCUT2D eigenvalue weighted by atomic mass is 9.86. The van der Waals surface area contributed by atoms with Gasteiger partial charge in [-0.2, -0.15) is 8.78 Å². The van der Waals surface area contributed by atoms with Crippen molar-refractivity contribution in [1.29, 1.82) is 0 Å². The van der Waals surface area contributed by atoms with Crippen LogP contribution in [0.3, 0.4) is 0 Å². The number of aromatic nitrogens is 2. The Kier molecular flexibility index (Phi) is 9.55. The molecular weight excluding hydrogens is 623 g/mol. The van der Waals surface area contributed by atoms with Gasteiger partial charge in [0.1, 0.15) is 40.4 Å². The zero-order valence-corrected chi connectivity index (χ0v) is 24.2. The summed E-state index contributed by atoms with van der Waals surface area (Å²) >= 11 is 0. The van der Waals surface area contributed by atoms with Crippen molar-refractivity contribution >= 4 is 5.57 Å². The first kappa shape index (κ1) is 32.8. The normalized spacial score (nSPS) is 15.3. The van der Waals surface area contributed by atoms with E-state index >= 15 is 13.2 Å². The standard InChI is InChI=1S/C34H25F9N2O/c1-2-3-4-5-18-16-44-33(45-17-18)21-13-29(40)32(30(41)14-21)34(42,43)46-22-7-8-23(25(36)15-22)20-11-27(38)31(28(39)12-20)19-6-9-24(35)26(37)10-19/h6-11,13-17,20H,2-5,12H2,1H3/t20-/m0/s1. The minimum absolute atomic E-state index is 0.0816. The molecular formula is C34H25F9N2O. The molecule has 0 N–H and O–H groups in total. The van der Waals surface area contributed by atoms with Crippen LogP contribution >= 0.6 is 0 Å². The lowest BCUT2D eigenvalue weighted by molar-refractivity contribution is -0.189. The molecule has 1 aliphatic carbocycles. The zero-order chi connectivity index (χ0) is 33.2. The van der Waals surface area contributed by atoms with Crippen LogP contribution in [0.5, 0.6) is 5.75 Å². The highest BCUT2D eigenvalue weighted by atomic mass is 19.3. The van der Waals surface area contributed by atoms with E-state index in [9.17, 15) is 26.3 Å². The Bertz CT molecular complexity index is 1800. The molecule has 0 unspecified atom stereocenters. The smallest absolute Gasteiger partial charge is 0.429 e. The van der Waals surface area contributed by atoms with Gasteiger partial charge in [-0.05, 0) is 65.9 Å². The van der Waals surface area contributed by atoms with Gasteiger partial charge in [0.15, 0.2) is 17.5 Å². The highest BCUT2D eigenvalue weighted by molar-refractivity contribution is 5.80. The Morgan fingerprint density at radius 3 is 2.04 bits per heavy atom. The van der Waals surface area contributed by atoms with Gasteiger partial charge in [0.05, 0.1) is 0 Å². The fourth-order valence-corrected chi connectivity index (χ4v) is 5.15. The summed E-state index contributed by atoms with van der Waals surface area (Å²) in [5.74, 6) is -11.4. The molecule has 12 heteroatoms. The number of hydrogen-bond acceptors (Lipinski definition) is 3. The molecule has 4 aromatic rings. The number of rotatable bonds is 10. The van der Waals surface area contributed by atoms with Gasteiger partial charge in [-0.3, -0.25) is 0 Å². The van der Waals surface area contributed by atoms with Gasteiger partial charge in [-0.1, -0.05) is 31.9 Å². The summed E-state index contributed by atoms with van der Waals surface area (Å²) in [6.45, 7) is 2.05. The fourth-order valence-electron chi connectivity index (χ4n) is 5.15.